The van der Waals surface area contributed by atoms with E-state index in [4.69, 9.17) is 5.26 Å². The summed E-state index contributed by atoms with van der Waals surface area (Å²) < 4.78 is 57.5. The zero-order valence-electron chi connectivity index (χ0n) is 8.04. The van der Waals surface area contributed by atoms with Crippen molar-refractivity contribution in [2.24, 2.45) is 0 Å². The number of hydrogen-bond donors (Lipinski definition) is 0. The SMILES string of the molecule is N#Cc1cc(C(F)(F)F)ccc1S(=O)[O-].[Na+]. The molecule has 0 N–H and O–H groups in total. The van der Waals surface area contributed by atoms with E-state index < -0.39 is 33.3 Å². The average molecular weight is 257 g/mol. The van der Waals surface area contributed by atoms with E-state index in [-0.39, 0.29) is 29.6 Å². The summed E-state index contributed by atoms with van der Waals surface area (Å²) in [6.07, 6.45) is -4.59. The fraction of sp³-hybridized carbons (Fsp3) is 0.125. The van der Waals surface area contributed by atoms with Crippen LogP contribution in [-0.2, 0) is 17.3 Å². The van der Waals surface area contributed by atoms with Crippen LogP contribution >= 0.6 is 0 Å². The van der Waals surface area contributed by atoms with Gasteiger partial charge in [0.25, 0.3) is 0 Å². The third kappa shape index (κ3) is 3.57. The molecule has 1 atom stereocenters. The van der Waals surface area contributed by atoms with Crippen molar-refractivity contribution in [1.82, 2.24) is 0 Å². The zero-order valence-corrected chi connectivity index (χ0v) is 10.9. The standard InChI is InChI=1S/C8H4F3NO2S.Na/c9-8(10,11)6-1-2-7(15(13)14)5(3-6)4-12;/h1-3H,(H,13,14);/q;+1/p-1. The Balaban J connectivity index is 0.00000225. The Kier molecular flexibility index (Phi) is 5.65. The van der Waals surface area contributed by atoms with Crippen LogP contribution < -0.4 is 29.6 Å². The van der Waals surface area contributed by atoms with Crippen LogP contribution in [0.1, 0.15) is 11.1 Å². The third-order valence-corrected chi connectivity index (χ3v) is 2.32. The number of hydrogen-bond acceptors (Lipinski definition) is 3. The molecule has 0 aliphatic heterocycles. The number of alkyl halides is 3. The van der Waals surface area contributed by atoms with Crippen molar-refractivity contribution in [2.45, 2.75) is 11.1 Å². The van der Waals surface area contributed by atoms with Gasteiger partial charge in [-0.2, -0.15) is 18.4 Å². The molecule has 0 heterocycles. The summed E-state index contributed by atoms with van der Waals surface area (Å²) in [7, 11) is 0. The first kappa shape index (κ1) is 15.6. The topological polar surface area (TPSA) is 63.9 Å². The molecule has 0 radical (unpaired) electrons. The molecule has 8 heteroatoms. The molecule has 1 rings (SSSR count). The summed E-state index contributed by atoms with van der Waals surface area (Å²) in [4.78, 5) is -0.439. The van der Waals surface area contributed by atoms with Crippen LogP contribution in [0, 0.1) is 11.3 Å². The number of nitrogens with zero attached hydrogens (tertiary/aromatic N) is 1. The van der Waals surface area contributed by atoms with Crippen molar-refractivity contribution in [1.29, 1.82) is 5.26 Å². The number of benzene rings is 1. The van der Waals surface area contributed by atoms with Crippen LogP contribution in [0.25, 0.3) is 0 Å². The van der Waals surface area contributed by atoms with E-state index in [1.165, 1.54) is 6.07 Å². The minimum atomic E-state index is -4.59. The molecule has 0 spiro atoms. The summed E-state index contributed by atoms with van der Waals surface area (Å²) >= 11 is -2.72. The van der Waals surface area contributed by atoms with E-state index in [0.717, 1.165) is 6.07 Å². The second kappa shape index (κ2) is 5.80. The normalized spacial score (nSPS) is 12.4. The van der Waals surface area contributed by atoms with E-state index in [1.807, 2.05) is 0 Å². The van der Waals surface area contributed by atoms with Gasteiger partial charge >= 0.3 is 35.7 Å². The van der Waals surface area contributed by atoms with Gasteiger partial charge in [0, 0.05) is 4.90 Å². The fourth-order valence-corrected chi connectivity index (χ4v) is 1.40. The Morgan fingerprint density at radius 3 is 2.31 bits per heavy atom. The summed E-state index contributed by atoms with van der Waals surface area (Å²) in [6, 6.07) is 3.27. The van der Waals surface area contributed by atoms with Gasteiger partial charge in [0.2, 0.25) is 0 Å². The second-order valence-corrected chi connectivity index (χ2v) is 3.46. The molecule has 0 saturated heterocycles. The van der Waals surface area contributed by atoms with E-state index in [1.54, 1.807) is 0 Å². The summed E-state index contributed by atoms with van der Waals surface area (Å²) in [5, 5.41) is 8.47. The molecule has 1 unspecified atom stereocenters. The second-order valence-electron chi connectivity index (χ2n) is 2.56. The maximum Gasteiger partial charge on any atom is 1.00 e. The zero-order chi connectivity index (χ0) is 11.6. The first-order valence-electron chi connectivity index (χ1n) is 3.57. The van der Waals surface area contributed by atoms with Gasteiger partial charge in [-0.05, 0) is 29.3 Å². The Morgan fingerprint density at radius 2 is 1.94 bits per heavy atom. The third-order valence-electron chi connectivity index (χ3n) is 1.61. The van der Waals surface area contributed by atoms with Gasteiger partial charge in [0.1, 0.15) is 6.07 Å². The van der Waals surface area contributed by atoms with E-state index in [2.05, 4.69) is 0 Å². The molecule has 0 fully saturated rings. The van der Waals surface area contributed by atoms with E-state index in [9.17, 15) is 21.9 Å². The molecular weight excluding hydrogens is 254 g/mol. The predicted molar refractivity (Wildman–Crippen MR) is 43.3 cm³/mol. The van der Waals surface area contributed by atoms with Crippen LogP contribution in [-0.4, -0.2) is 8.76 Å². The Labute approximate surface area is 114 Å². The van der Waals surface area contributed by atoms with E-state index in [0.29, 0.717) is 12.1 Å². The molecule has 1 aromatic carbocycles. The summed E-state index contributed by atoms with van der Waals surface area (Å²) in [5.74, 6) is 0. The number of rotatable bonds is 1. The maximum atomic E-state index is 12.2. The predicted octanol–water partition coefficient (Wildman–Crippen LogP) is -1.18. The summed E-state index contributed by atoms with van der Waals surface area (Å²) in [6.45, 7) is 0. The molecule has 0 aromatic heterocycles. The monoisotopic (exact) mass is 257 g/mol. The van der Waals surface area contributed by atoms with Crippen LogP contribution in [0.2, 0.25) is 0 Å². The number of nitriles is 1. The molecule has 1 aromatic rings. The smallest absolute Gasteiger partial charge is 0.768 e. The first-order chi connectivity index (χ1) is 6.86. The Bertz CT molecular complexity index is 456. The molecule has 3 nitrogen and oxygen atoms in total. The van der Waals surface area contributed by atoms with Gasteiger partial charge < -0.3 is 4.55 Å². The van der Waals surface area contributed by atoms with Crippen LogP contribution in [0.5, 0.6) is 0 Å². The van der Waals surface area contributed by atoms with Gasteiger partial charge in [-0.15, -0.1) is 0 Å². The van der Waals surface area contributed by atoms with Crippen molar-refractivity contribution in [3.8, 4) is 6.07 Å². The molecular formula is C8H3F3NNaO2S. The molecule has 80 valence electrons. The minimum absolute atomic E-state index is 0. The van der Waals surface area contributed by atoms with Crippen LogP contribution in [0.4, 0.5) is 13.2 Å². The van der Waals surface area contributed by atoms with E-state index >= 15 is 0 Å². The van der Waals surface area contributed by atoms with Gasteiger partial charge in [0.15, 0.2) is 0 Å². The minimum Gasteiger partial charge on any atom is -0.768 e. The van der Waals surface area contributed by atoms with Gasteiger partial charge in [-0.3, -0.25) is 4.21 Å². The first-order valence-corrected chi connectivity index (χ1v) is 4.64. The molecule has 0 aliphatic rings. The van der Waals surface area contributed by atoms with Crippen LogP contribution in [0.15, 0.2) is 23.1 Å². The van der Waals surface area contributed by atoms with Gasteiger partial charge in [0.05, 0.1) is 11.1 Å². The van der Waals surface area contributed by atoms with Gasteiger partial charge in [-0.1, -0.05) is 0 Å². The molecule has 0 aliphatic carbocycles. The molecule has 16 heavy (non-hydrogen) atoms. The van der Waals surface area contributed by atoms with Crippen molar-refractivity contribution < 1.29 is 51.5 Å². The van der Waals surface area contributed by atoms with Crippen molar-refractivity contribution in [3.63, 3.8) is 0 Å². The quantitative estimate of drug-likeness (QED) is 0.470. The van der Waals surface area contributed by atoms with Crippen molar-refractivity contribution in [2.75, 3.05) is 0 Å². The van der Waals surface area contributed by atoms with Crippen LogP contribution in [0.3, 0.4) is 0 Å². The maximum absolute atomic E-state index is 12.2. The summed E-state index contributed by atoms with van der Waals surface area (Å²) in [5.41, 5.74) is -1.56. The average Bonchev–Trinajstić information content (AvgIpc) is 2.15. The largest absolute Gasteiger partial charge is 1.00 e. The van der Waals surface area contributed by atoms with Crippen molar-refractivity contribution >= 4 is 11.1 Å². The van der Waals surface area contributed by atoms with Gasteiger partial charge in [-0.25, -0.2) is 0 Å². The molecule has 0 saturated carbocycles. The molecule has 0 bridgehead atoms. The fourth-order valence-electron chi connectivity index (χ4n) is 0.939. The van der Waals surface area contributed by atoms with Crippen molar-refractivity contribution in [3.05, 3.63) is 29.3 Å². The molecule has 0 amide bonds. The Morgan fingerprint density at radius 1 is 1.38 bits per heavy atom. The number of halogens is 3. The Hall–Kier alpha value is -0.390.